The molecule has 66 valence electrons. The van der Waals surface area contributed by atoms with Gasteiger partial charge in [-0.05, 0) is 19.8 Å². The van der Waals surface area contributed by atoms with Gasteiger partial charge in [-0.1, -0.05) is 6.92 Å². The van der Waals surface area contributed by atoms with Gasteiger partial charge < -0.3 is 4.74 Å². The fourth-order valence-corrected chi connectivity index (χ4v) is 0.701. The van der Waals surface area contributed by atoms with Gasteiger partial charge in [-0.2, -0.15) is 0 Å². The maximum absolute atomic E-state index is 10.8. The zero-order valence-corrected chi connectivity index (χ0v) is 7.86. The van der Waals surface area contributed by atoms with E-state index in [4.69, 9.17) is 16.3 Å². The lowest BCUT2D eigenvalue weighted by atomic mass is 10.3. The fourth-order valence-electron chi connectivity index (χ4n) is 0.611. The SMILES string of the molecule is CCCC(=O)OCCC(C)Cl. The van der Waals surface area contributed by atoms with Crippen molar-refractivity contribution in [3.05, 3.63) is 0 Å². The molecule has 0 radical (unpaired) electrons. The molecule has 0 rings (SSSR count). The molecule has 0 spiro atoms. The Morgan fingerprint density at radius 2 is 2.27 bits per heavy atom. The first-order chi connectivity index (χ1) is 5.16. The van der Waals surface area contributed by atoms with E-state index in [-0.39, 0.29) is 11.3 Å². The first-order valence-corrected chi connectivity index (χ1v) is 4.40. The number of alkyl halides is 1. The highest BCUT2D eigenvalue weighted by Crippen LogP contribution is 2.00. The maximum atomic E-state index is 10.8. The van der Waals surface area contributed by atoms with E-state index in [1.54, 1.807) is 0 Å². The van der Waals surface area contributed by atoms with Crippen LogP contribution in [0.4, 0.5) is 0 Å². The number of hydrogen-bond donors (Lipinski definition) is 0. The zero-order chi connectivity index (χ0) is 8.69. The minimum Gasteiger partial charge on any atom is -0.466 e. The lowest BCUT2D eigenvalue weighted by molar-refractivity contribution is -0.143. The van der Waals surface area contributed by atoms with E-state index in [0.717, 1.165) is 12.8 Å². The Morgan fingerprint density at radius 3 is 2.73 bits per heavy atom. The van der Waals surface area contributed by atoms with Gasteiger partial charge in [0.15, 0.2) is 0 Å². The van der Waals surface area contributed by atoms with Gasteiger partial charge in [-0.3, -0.25) is 4.79 Å². The summed E-state index contributed by atoms with van der Waals surface area (Å²) in [6, 6.07) is 0. The molecule has 1 atom stereocenters. The monoisotopic (exact) mass is 178 g/mol. The molecule has 0 aliphatic heterocycles. The Balaban J connectivity index is 3.17. The van der Waals surface area contributed by atoms with Gasteiger partial charge in [0.25, 0.3) is 0 Å². The van der Waals surface area contributed by atoms with Crippen LogP contribution in [0.2, 0.25) is 0 Å². The number of halogens is 1. The molecule has 0 N–H and O–H groups in total. The number of carbonyl (C=O) groups excluding carboxylic acids is 1. The summed E-state index contributed by atoms with van der Waals surface area (Å²) in [5.41, 5.74) is 0. The van der Waals surface area contributed by atoms with Crippen LogP contribution < -0.4 is 0 Å². The van der Waals surface area contributed by atoms with Crippen LogP contribution in [-0.2, 0) is 9.53 Å². The van der Waals surface area contributed by atoms with Crippen LogP contribution in [0.1, 0.15) is 33.1 Å². The Kier molecular flexibility index (Phi) is 6.33. The third kappa shape index (κ3) is 7.66. The molecule has 0 aliphatic rings. The van der Waals surface area contributed by atoms with Gasteiger partial charge in [-0.15, -0.1) is 11.6 Å². The average Bonchev–Trinajstić information content (AvgIpc) is 1.87. The molecule has 0 bridgehead atoms. The first kappa shape index (κ1) is 10.8. The van der Waals surface area contributed by atoms with E-state index >= 15 is 0 Å². The normalized spacial score (nSPS) is 12.6. The minimum atomic E-state index is -0.121. The molecule has 2 nitrogen and oxygen atoms in total. The molecule has 0 aromatic rings. The van der Waals surface area contributed by atoms with Crippen molar-refractivity contribution < 1.29 is 9.53 Å². The summed E-state index contributed by atoms with van der Waals surface area (Å²) in [6.07, 6.45) is 2.09. The molecule has 0 heterocycles. The van der Waals surface area contributed by atoms with E-state index in [2.05, 4.69) is 0 Å². The lowest BCUT2D eigenvalue weighted by Gasteiger charge is -2.04. The van der Waals surface area contributed by atoms with Crippen molar-refractivity contribution in [3.63, 3.8) is 0 Å². The van der Waals surface area contributed by atoms with Crippen LogP contribution in [0.15, 0.2) is 0 Å². The highest BCUT2D eigenvalue weighted by molar-refractivity contribution is 6.20. The minimum absolute atomic E-state index is 0.0874. The summed E-state index contributed by atoms with van der Waals surface area (Å²) < 4.78 is 4.87. The average molecular weight is 179 g/mol. The lowest BCUT2D eigenvalue weighted by Crippen LogP contribution is -2.07. The van der Waals surface area contributed by atoms with Gasteiger partial charge >= 0.3 is 5.97 Å². The second kappa shape index (κ2) is 6.47. The van der Waals surface area contributed by atoms with Crippen LogP contribution in [0.3, 0.4) is 0 Å². The number of esters is 1. The predicted molar refractivity (Wildman–Crippen MR) is 45.8 cm³/mol. The van der Waals surface area contributed by atoms with E-state index in [1.807, 2.05) is 13.8 Å². The summed E-state index contributed by atoms with van der Waals surface area (Å²) >= 11 is 5.65. The molecule has 0 aromatic heterocycles. The Hall–Kier alpha value is -0.240. The molecule has 1 unspecified atom stereocenters. The van der Waals surface area contributed by atoms with Crippen molar-refractivity contribution in [2.45, 2.75) is 38.5 Å². The van der Waals surface area contributed by atoms with Crippen LogP contribution >= 0.6 is 11.6 Å². The smallest absolute Gasteiger partial charge is 0.305 e. The number of hydrogen-bond acceptors (Lipinski definition) is 2. The van der Waals surface area contributed by atoms with E-state index in [9.17, 15) is 4.79 Å². The highest BCUT2D eigenvalue weighted by atomic mass is 35.5. The van der Waals surface area contributed by atoms with Crippen molar-refractivity contribution >= 4 is 17.6 Å². The quantitative estimate of drug-likeness (QED) is 0.477. The fraction of sp³-hybridized carbons (Fsp3) is 0.875. The maximum Gasteiger partial charge on any atom is 0.305 e. The third-order valence-electron chi connectivity index (χ3n) is 1.23. The second-order valence-electron chi connectivity index (χ2n) is 2.54. The Labute approximate surface area is 72.9 Å². The van der Waals surface area contributed by atoms with Crippen molar-refractivity contribution in [2.75, 3.05) is 6.61 Å². The van der Waals surface area contributed by atoms with E-state index in [1.165, 1.54) is 0 Å². The molecule has 11 heavy (non-hydrogen) atoms. The van der Waals surface area contributed by atoms with Gasteiger partial charge in [0.1, 0.15) is 0 Å². The molecule has 0 aliphatic carbocycles. The van der Waals surface area contributed by atoms with Crippen molar-refractivity contribution in [3.8, 4) is 0 Å². The molecule has 0 fully saturated rings. The Bertz CT molecular complexity index is 113. The third-order valence-corrected chi connectivity index (χ3v) is 1.45. The summed E-state index contributed by atoms with van der Waals surface area (Å²) in [4.78, 5) is 10.8. The molecule has 0 saturated carbocycles. The summed E-state index contributed by atoms with van der Waals surface area (Å²) in [7, 11) is 0. The van der Waals surface area contributed by atoms with Crippen molar-refractivity contribution in [2.24, 2.45) is 0 Å². The summed E-state index contributed by atoms with van der Waals surface area (Å²) in [5, 5.41) is 0.0874. The molecular weight excluding hydrogens is 164 g/mol. The van der Waals surface area contributed by atoms with E-state index in [0.29, 0.717) is 13.0 Å². The highest BCUT2D eigenvalue weighted by Gasteiger charge is 2.01. The van der Waals surface area contributed by atoms with Crippen molar-refractivity contribution in [1.82, 2.24) is 0 Å². The largest absolute Gasteiger partial charge is 0.466 e. The van der Waals surface area contributed by atoms with E-state index < -0.39 is 0 Å². The summed E-state index contributed by atoms with van der Waals surface area (Å²) in [6.45, 7) is 4.28. The summed E-state index contributed by atoms with van der Waals surface area (Å²) in [5.74, 6) is -0.121. The molecule has 0 saturated heterocycles. The number of carbonyl (C=O) groups is 1. The van der Waals surface area contributed by atoms with Gasteiger partial charge in [-0.25, -0.2) is 0 Å². The predicted octanol–water partition coefficient (Wildman–Crippen LogP) is 2.35. The zero-order valence-electron chi connectivity index (χ0n) is 7.10. The van der Waals surface area contributed by atoms with Crippen LogP contribution in [0, 0.1) is 0 Å². The number of ether oxygens (including phenoxy) is 1. The standard InChI is InChI=1S/C8H15ClO2/c1-3-4-8(10)11-6-5-7(2)9/h7H,3-6H2,1-2H3. The van der Waals surface area contributed by atoms with Gasteiger partial charge in [0.05, 0.1) is 6.61 Å². The van der Waals surface area contributed by atoms with Crippen LogP contribution in [0.5, 0.6) is 0 Å². The van der Waals surface area contributed by atoms with Crippen LogP contribution in [-0.4, -0.2) is 18.0 Å². The number of rotatable bonds is 5. The van der Waals surface area contributed by atoms with Crippen molar-refractivity contribution in [1.29, 1.82) is 0 Å². The Morgan fingerprint density at radius 1 is 1.64 bits per heavy atom. The van der Waals surface area contributed by atoms with Gasteiger partial charge in [0, 0.05) is 11.8 Å². The molecule has 0 aromatic carbocycles. The molecular formula is C8H15ClO2. The topological polar surface area (TPSA) is 26.3 Å². The molecule has 0 amide bonds. The van der Waals surface area contributed by atoms with Crippen LogP contribution in [0.25, 0.3) is 0 Å². The second-order valence-corrected chi connectivity index (χ2v) is 3.28. The van der Waals surface area contributed by atoms with Gasteiger partial charge in [0.2, 0.25) is 0 Å². The molecule has 3 heteroatoms. The first-order valence-electron chi connectivity index (χ1n) is 3.96.